The maximum absolute atomic E-state index is 7.16. The van der Waals surface area contributed by atoms with Gasteiger partial charge in [0.25, 0.3) is 0 Å². The second-order valence-electron chi connectivity index (χ2n) is 5.32. The fourth-order valence-corrected chi connectivity index (χ4v) is 2.44. The summed E-state index contributed by atoms with van der Waals surface area (Å²) < 4.78 is 5.60. The predicted octanol–water partition coefficient (Wildman–Crippen LogP) is 2.16. The summed E-state index contributed by atoms with van der Waals surface area (Å²) in [5.41, 5.74) is 6.56. The molecule has 1 aliphatic heterocycles. The van der Waals surface area contributed by atoms with Crippen molar-refractivity contribution in [3.63, 3.8) is 0 Å². The molecule has 0 aromatic carbocycles. The van der Waals surface area contributed by atoms with Gasteiger partial charge >= 0.3 is 0 Å². The van der Waals surface area contributed by atoms with Crippen molar-refractivity contribution in [3.05, 3.63) is 23.9 Å². The molecule has 0 unspecified atom stereocenters. The van der Waals surface area contributed by atoms with Gasteiger partial charge < -0.3 is 10.5 Å². The van der Waals surface area contributed by atoms with Gasteiger partial charge in [0.1, 0.15) is 0 Å². The van der Waals surface area contributed by atoms with E-state index >= 15 is 0 Å². The molecule has 1 aliphatic rings. The average Bonchev–Trinajstić information content (AvgIpc) is 2.45. The summed E-state index contributed by atoms with van der Waals surface area (Å²) in [4.78, 5) is 6.71. The zero-order valence-corrected chi connectivity index (χ0v) is 12.0. The number of likely N-dealkylation sites (tertiary alicyclic amines) is 1. The molecular weight excluding hydrogens is 252 g/mol. The number of ether oxygens (including phenoxy) is 1. The second kappa shape index (κ2) is 7.85. The van der Waals surface area contributed by atoms with E-state index in [1.54, 1.807) is 6.20 Å². The Hall–Kier alpha value is -1.62. The van der Waals surface area contributed by atoms with Crippen molar-refractivity contribution in [2.45, 2.75) is 38.6 Å². The fraction of sp³-hybridized carbons (Fsp3) is 0.600. The third-order valence-electron chi connectivity index (χ3n) is 3.49. The molecule has 1 aromatic heterocycles. The van der Waals surface area contributed by atoms with Gasteiger partial charge in [-0.25, -0.2) is 4.98 Å². The highest BCUT2D eigenvalue weighted by Gasteiger charge is 2.10. The number of pyridine rings is 1. The Balaban J connectivity index is 1.79. The van der Waals surface area contributed by atoms with Crippen LogP contribution < -0.4 is 10.5 Å². The van der Waals surface area contributed by atoms with Gasteiger partial charge in [-0.1, -0.05) is 6.42 Å². The molecule has 0 saturated carbocycles. The summed E-state index contributed by atoms with van der Waals surface area (Å²) in [7, 11) is 0. The molecule has 3 N–H and O–H groups in total. The Morgan fingerprint density at radius 2 is 2.15 bits per heavy atom. The summed E-state index contributed by atoms with van der Waals surface area (Å²) in [6.45, 7) is 3.92. The van der Waals surface area contributed by atoms with Gasteiger partial charge in [0, 0.05) is 25.2 Å². The van der Waals surface area contributed by atoms with Crippen LogP contribution in [-0.2, 0) is 6.54 Å². The van der Waals surface area contributed by atoms with E-state index in [1.165, 1.54) is 37.9 Å². The molecule has 1 saturated heterocycles. The van der Waals surface area contributed by atoms with Crippen molar-refractivity contribution in [1.29, 1.82) is 5.41 Å². The van der Waals surface area contributed by atoms with Gasteiger partial charge in [0.15, 0.2) is 0 Å². The van der Waals surface area contributed by atoms with Crippen LogP contribution in [-0.4, -0.2) is 35.4 Å². The SMILES string of the molecule is N=C(N)CCCOc1cc(CN2CCCCC2)ccn1. The topological polar surface area (TPSA) is 75.2 Å². The summed E-state index contributed by atoms with van der Waals surface area (Å²) in [5, 5.41) is 7.16. The third-order valence-corrected chi connectivity index (χ3v) is 3.49. The lowest BCUT2D eigenvalue weighted by Gasteiger charge is -2.26. The highest BCUT2D eigenvalue weighted by Crippen LogP contribution is 2.15. The van der Waals surface area contributed by atoms with Crippen molar-refractivity contribution < 1.29 is 4.74 Å². The van der Waals surface area contributed by atoms with Crippen molar-refractivity contribution in [1.82, 2.24) is 9.88 Å². The van der Waals surface area contributed by atoms with E-state index in [4.69, 9.17) is 15.9 Å². The molecule has 1 aromatic rings. The number of nitrogens with zero attached hydrogens (tertiary/aromatic N) is 2. The standard InChI is InChI=1S/C15H24N4O/c16-14(17)5-4-10-20-15-11-13(6-7-18-15)12-19-8-2-1-3-9-19/h6-7,11H,1-5,8-10,12H2,(H3,16,17). The summed E-state index contributed by atoms with van der Waals surface area (Å²) in [6.07, 6.45) is 7.11. The van der Waals surface area contributed by atoms with E-state index < -0.39 is 0 Å². The van der Waals surface area contributed by atoms with Gasteiger partial charge in [-0.15, -0.1) is 0 Å². The molecule has 20 heavy (non-hydrogen) atoms. The van der Waals surface area contributed by atoms with Gasteiger partial charge in [0.05, 0.1) is 12.4 Å². The maximum Gasteiger partial charge on any atom is 0.213 e. The van der Waals surface area contributed by atoms with E-state index in [1.807, 2.05) is 6.07 Å². The lowest BCUT2D eigenvalue weighted by atomic mass is 10.1. The zero-order chi connectivity index (χ0) is 14.2. The molecule has 0 amide bonds. The van der Waals surface area contributed by atoms with Crippen LogP contribution in [0.1, 0.15) is 37.7 Å². The van der Waals surface area contributed by atoms with E-state index in [-0.39, 0.29) is 5.84 Å². The first kappa shape index (κ1) is 14.8. The maximum atomic E-state index is 7.16. The lowest BCUT2D eigenvalue weighted by Crippen LogP contribution is -2.29. The summed E-state index contributed by atoms with van der Waals surface area (Å²) in [6, 6.07) is 4.07. The van der Waals surface area contributed by atoms with Crippen LogP contribution in [0.3, 0.4) is 0 Å². The molecule has 2 rings (SSSR count). The fourth-order valence-electron chi connectivity index (χ4n) is 2.44. The van der Waals surface area contributed by atoms with Crippen LogP contribution >= 0.6 is 0 Å². The van der Waals surface area contributed by atoms with Crippen molar-refractivity contribution >= 4 is 5.84 Å². The quantitative estimate of drug-likeness (QED) is 0.454. The van der Waals surface area contributed by atoms with Crippen molar-refractivity contribution in [3.8, 4) is 5.88 Å². The molecular formula is C15H24N4O. The number of aromatic nitrogens is 1. The number of piperidine rings is 1. The lowest BCUT2D eigenvalue weighted by molar-refractivity contribution is 0.220. The minimum absolute atomic E-state index is 0.209. The number of rotatable bonds is 7. The van der Waals surface area contributed by atoms with E-state index in [0.29, 0.717) is 18.9 Å². The average molecular weight is 276 g/mol. The normalized spacial score (nSPS) is 16.0. The molecule has 0 aliphatic carbocycles. The second-order valence-corrected chi connectivity index (χ2v) is 5.32. The van der Waals surface area contributed by atoms with Gasteiger partial charge in [-0.05, 0) is 44.0 Å². The first-order chi connectivity index (χ1) is 9.74. The highest BCUT2D eigenvalue weighted by molar-refractivity contribution is 5.76. The Morgan fingerprint density at radius 1 is 1.35 bits per heavy atom. The number of nitrogens with two attached hydrogens (primary N) is 1. The molecule has 0 radical (unpaired) electrons. The zero-order valence-electron chi connectivity index (χ0n) is 12.0. The predicted molar refractivity (Wildman–Crippen MR) is 80.0 cm³/mol. The number of hydrogen-bond donors (Lipinski definition) is 2. The Labute approximate surface area is 120 Å². The number of hydrogen-bond acceptors (Lipinski definition) is 4. The van der Waals surface area contributed by atoms with Gasteiger partial charge in [-0.3, -0.25) is 10.3 Å². The van der Waals surface area contributed by atoms with Gasteiger partial charge in [0.2, 0.25) is 5.88 Å². The molecule has 0 spiro atoms. The van der Waals surface area contributed by atoms with E-state index in [9.17, 15) is 0 Å². The number of nitrogens with one attached hydrogen (secondary N) is 1. The molecule has 2 heterocycles. The summed E-state index contributed by atoms with van der Waals surface area (Å²) >= 11 is 0. The minimum atomic E-state index is 0.209. The van der Waals surface area contributed by atoms with Crippen LogP contribution in [0.15, 0.2) is 18.3 Å². The number of amidine groups is 1. The summed E-state index contributed by atoms with van der Waals surface area (Å²) in [5.74, 6) is 0.878. The molecule has 1 fully saturated rings. The smallest absolute Gasteiger partial charge is 0.213 e. The van der Waals surface area contributed by atoms with Crippen LogP contribution in [0.4, 0.5) is 0 Å². The third kappa shape index (κ3) is 5.17. The Bertz CT molecular complexity index is 430. The van der Waals surface area contributed by atoms with Crippen LogP contribution in [0, 0.1) is 5.41 Å². The van der Waals surface area contributed by atoms with E-state index in [0.717, 1.165) is 13.0 Å². The first-order valence-corrected chi connectivity index (χ1v) is 7.37. The highest BCUT2D eigenvalue weighted by atomic mass is 16.5. The van der Waals surface area contributed by atoms with Crippen molar-refractivity contribution in [2.24, 2.45) is 5.73 Å². The van der Waals surface area contributed by atoms with E-state index in [2.05, 4.69) is 16.0 Å². The minimum Gasteiger partial charge on any atom is -0.478 e. The molecule has 110 valence electrons. The monoisotopic (exact) mass is 276 g/mol. The molecule has 0 atom stereocenters. The van der Waals surface area contributed by atoms with Crippen LogP contribution in [0.2, 0.25) is 0 Å². The first-order valence-electron chi connectivity index (χ1n) is 7.37. The van der Waals surface area contributed by atoms with Crippen LogP contribution in [0.25, 0.3) is 0 Å². The molecule has 5 heteroatoms. The van der Waals surface area contributed by atoms with Crippen LogP contribution in [0.5, 0.6) is 5.88 Å². The molecule has 5 nitrogen and oxygen atoms in total. The molecule has 0 bridgehead atoms. The Morgan fingerprint density at radius 3 is 2.90 bits per heavy atom. The largest absolute Gasteiger partial charge is 0.478 e. The van der Waals surface area contributed by atoms with Gasteiger partial charge in [-0.2, -0.15) is 0 Å². The Kier molecular flexibility index (Phi) is 5.80. The van der Waals surface area contributed by atoms with Crippen molar-refractivity contribution in [2.75, 3.05) is 19.7 Å².